The highest BCUT2D eigenvalue weighted by Crippen LogP contribution is 2.28. The number of hydrogen-bond donors (Lipinski definition) is 1. The molecular formula is C13H14ClN3O3. The fraction of sp³-hybridized carbons (Fsp3) is 0.231. The molecule has 0 fully saturated rings. The van der Waals surface area contributed by atoms with Crippen LogP contribution in [0.1, 0.15) is 0 Å². The van der Waals surface area contributed by atoms with Gasteiger partial charge in [0.15, 0.2) is 0 Å². The first-order valence-corrected chi connectivity index (χ1v) is 6.20. The van der Waals surface area contributed by atoms with Gasteiger partial charge in [0.05, 0.1) is 19.9 Å². The number of carbonyl (C=O) groups excluding carboxylic acids is 1. The molecule has 0 saturated heterocycles. The lowest BCUT2D eigenvalue weighted by molar-refractivity contribution is -0.116. The Morgan fingerprint density at radius 1 is 1.40 bits per heavy atom. The van der Waals surface area contributed by atoms with Crippen molar-refractivity contribution in [2.24, 2.45) is 0 Å². The van der Waals surface area contributed by atoms with E-state index in [0.717, 1.165) is 0 Å². The zero-order chi connectivity index (χ0) is 14.5. The van der Waals surface area contributed by atoms with Gasteiger partial charge < -0.3 is 19.4 Å². The van der Waals surface area contributed by atoms with Gasteiger partial charge >= 0.3 is 0 Å². The molecule has 0 saturated carbocycles. The molecule has 0 unspecified atom stereocenters. The Labute approximate surface area is 121 Å². The van der Waals surface area contributed by atoms with Crippen molar-refractivity contribution in [3.8, 4) is 11.5 Å². The zero-order valence-electron chi connectivity index (χ0n) is 11.1. The number of rotatable bonds is 5. The molecule has 0 bridgehead atoms. The van der Waals surface area contributed by atoms with Crippen molar-refractivity contribution < 1.29 is 14.3 Å². The third kappa shape index (κ3) is 3.21. The SMILES string of the molecule is COc1ccc(NC(=O)Cn2ccnc2Cl)c(OC)c1. The van der Waals surface area contributed by atoms with E-state index in [4.69, 9.17) is 21.1 Å². The van der Waals surface area contributed by atoms with E-state index in [0.29, 0.717) is 17.2 Å². The minimum atomic E-state index is -0.228. The number of nitrogens with zero attached hydrogens (tertiary/aromatic N) is 2. The van der Waals surface area contributed by atoms with Gasteiger partial charge in [0.2, 0.25) is 11.2 Å². The number of amides is 1. The normalized spacial score (nSPS) is 10.2. The summed E-state index contributed by atoms with van der Waals surface area (Å²) in [6.45, 7) is 0.0774. The number of methoxy groups -OCH3 is 2. The second-order valence-corrected chi connectivity index (χ2v) is 4.28. The number of benzene rings is 1. The quantitative estimate of drug-likeness (QED) is 0.918. The van der Waals surface area contributed by atoms with Crippen LogP contribution in [-0.4, -0.2) is 29.7 Å². The zero-order valence-corrected chi connectivity index (χ0v) is 11.8. The van der Waals surface area contributed by atoms with Gasteiger partial charge in [0.1, 0.15) is 18.0 Å². The number of carbonyl (C=O) groups is 1. The molecule has 1 N–H and O–H groups in total. The van der Waals surface area contributed by atoms with Crippen LogP contribution < -0.4 is 14.8 Å². The predicted octanol–water partition coefficient (Wildman–Crippen LogP) is 2.19. The Balaban J connectivity index is 2.09. The first kappa shape index (κ1) is 14.2. The molecule has 20 heavy (non-hydrogen) atoms. The molecule has 1 aromatic heterocycles. The highest BCUT2D eigenvalue weighted by molar-refractivity contribution is 6.28. The van der Waals surface area contributed by atoms with Crippen LogP contribution in [-0.2, 0) is 11.3 Å². The summed E-state index contributed by atoms with van der Waals surface area (Å²) in [5, 5.41) is 3.02. The molecule has 1 amide bonds. The predicted molar refractivity (Wildman–Crippen MR) is 75.4 cm³/mol. The van der Waals surface area contributed by atoms with Crippen LogP contribution in [0, 0.1) is 0 Å². The third-order valence-electron chi connectivity index (χ3n) is 2.66. The molecule has 1 aromatic carbocycles. The molecule has 0 aliphatic rings. The molecule has 2 rings (SSSR count). The summed E-state index contributed by atoms with van der Waals surface area (Å²) < 4.78 is 11.8. The molecule has 1 heterocycles. The molecule has 106 valence electrons. The van der Waals surface area contributed by atoms with Crippen LogP contribution in [0.15, 0.2) is 30.6 Å². The fourth-order valence-electron chi connectivity index (χ4n) is 1.68. The summed E-state index contributed by atoms with van der Waals surface area (Å²) in [6.07, 6.45) is 3.16. The van der Waals surface area contributed by atoms with E-state index < -0.39 is 0 Å². The molecule has 7 heteroatoms. The molecule has 0 aliphatic carbocycles. The van der Waals surface area contributed by atoms with Gasteiger partial charge in [-0.25, -0.2) is 4.98 Å². The number of ether oxygens (including phenoxy) is 2. The maximum Gasteiger partial charge on any atom is 0.244 e. The third-order valence-corrected chi connectivity index (χ3v) is 2.98. The lowest BCUT2D eigenvalue weighted by Crippen LogP contribution is -2.18. The summed E-state index contributed by atoms with van der Waals surface area (Å²) in [6, 6.07) is 5.15. The second kappa shape index (κ2) is 6.29. The van der Waals surface area contributed by atoms with Gasteiger partial charge in [-0.2, -0.15) is 0 Å². The van der Waals surface area contributed by atoms with E-state index in [1.165, 1.54) is 17.9 Å². The van der Waals surface area contributed by atoms with Crippen LogP contribution in [0.25, 0.3) is 0 Å². The van der Waals surface area contributed by atoms with Gasteiger partial charge in [-0.05, 0) is 23.7 Å². The molecular weight excluding hydrogens is 282 g/mol. The number of nitrogens with one attached hydrogen (secondary N) is 1. The first-order valence-electron chi connectivity index (χ1n) is 5.82. The summed E-state index contributed by atoms with van der Waals surface area (Å²) in [7, 11) is 3.09. The maximum absolute atomic E-state index is 11.9. The largest absolute Gasteiger partial charge is 0.497 e. The molecule has 0 spiro atoms. The second-order valence-electron chi connectivity index (χ2n) is 3.94. The number of anilines is 1. The highest BCUT2D eigenvalue weighted by Gasteiger charge is 2.10. The lowest BCUT2D eigenvalue weighted by atomic mass is 10.2. The standard InChI is InChI=1S/C13H14ClN3O3/c1-19-9-3-4-10(11(7-9)20-2)16-12(18)8-17-6-5-15-13(17)14/h3-7H,8H2,1-2H3,(H,16,18). The summed E-state index contributed by atoms with van der Waals surface area (Å²) in [5.74, 6) is 0.945. The Morgan fingerprint density at radius 3 is 2.80 bits per heavy atom. The van der Waals surface area contributed by atoms with E-state index in [1.807, 2.05) is 0 Å². The van der Waals surface area contributed by atoms with Crippen molar-refractivity contribution in [3.05, 3.63) is 35.9 Å². The van der Waals surface area contributed by atoms with E-state index in [-0.39, 0.29) is 17.7 Å². The minimum absolute atomic E-state index is 0.0774. The molecule has 0 aliphatic heterocycles. The topological polar surface area (TPSA) is 65.4 Å². The van der Waals surface area contributed by atoms with Crippen LogP contribution >= 0.6 is 11.6 Å². The van der Waals surface area contributed by atoms with Gasteiger partial charge in [-0.1, -0.05) is 0 Å². The number of imidazole rings is 1. The Bertz CT molecular complexity index is 613. The Kier molecular flexibility index (Phi) is 4.47. The first-order chi connectivity index (χ1) is 9.63. The van der Waals surface area contributed by atoms with Crippen LogP contribution in [0.2, 0.25) is 5.28 Å². The van der Waals surface area contributed by atoms with Crippen LogP contribution in [0.4, 0.5) is 5.69 Å². The average Bonchev–Trinajstić information content (AvgIpc) is 2.84. The lowest BCUT2D eigenvalue weighted by Gasteiger charge is -2.12. The van der Waals surface area contributed by atoms with E-state index in [1.54, 1.807) is 31.5 Å². The smallest absolute Gasteiger partial charge is 0.244 e. The number of aromatic nitrogens is 2. The van der Waals surface area contributed by atoms with E-state index in [9.17, 15) is 4.79 Å². The monoisotopic (exact) mass is 295 g/mol. The van der Waals surface area contributed by atoms with E-state index in [2.05, 4.69) is 10.3 Å². The molecule has 0 atom stereocenters. The summed E-state index contributed by atoms with van der Waals surface area (Å²) >= 11 is 5.82. The van der Waals surface area contributed by atoms with Gasteiger partial charge in [0, 0.05) is 18.5 Å². The molecule has 2 aromatic rings. The molecule has 6 nitrogen and oxygen atoms in total. The Morgan fingerprint density at radius 2 is 2.20 bits per heavy atom. The van der Waals surface area contributed by atoms with Gasteiger partial charge in [0.25, 0.3) is 0 Å². The molecule has 0 radical (unpaired) electrons. The summed E-state index contributed by atoms with van der Waals surface area (Å²) in [4.78, 5) is 15.8. The van der Waals surface area contributed by atoms with Crippen molar-refractivity contribution in [1.29, 1.82) is 0 Å². The van der Waals surface area contributed by atoms with Crippen molar-refractivity contribution >= 4 is 23.2 Å². The van der Waals surface area contributed by atoms with Crippen LogP contribution in [0.5, 0.6) is 11.5 Å². The number of hydrogen-bond acceptors (Lipinski definition) is 4. The van der Waals surface area contributed by atoms with Crippen molar-refractivity contribution in [3.63, 3.8) is 0 Å². The van der Waals surface area contributed by atoms with Gasteiger partial charge in [-0.15, -0.1) is 0 Å². The Hall–Kier alpha value is -2.21. The average molecular weight is 296 g/mol. The van der Waals surface area contributed by atoms with Crippen molar-refractivity contribution in [1.82, 2.24) is 9.55 Å². The van der Waals surface area contributed by atoms with Crippen molar-refractivity contribution in [2.75, 3.05) is 19.5 Å². The maximum atomic E-state index is 11.9. The summed E-state index contributed by atoms with van der Waals surface area (Å²) in [5.41, 5.74) is 0.564. The minimum Gasteiger partial charge on any atom is -0.497 e. The van der Waals surface area contributed by atoms with Crippen molar-refractivity contribution in [2.45, 2.75) is 6.54 Å². The highest BCUT2D eigenvalue weighted by atomic mass is 35.5. The van der Waals surface area contributed by atoms with E-state index >= 15 is 0 Å². The van der Waals surface area contributed by atoms with Gasteiger partial charge in [-0.3, -0.25) is 4.79 Å². The fourth-order valence-corrected chi connectivity index (χ4v) is 1.85. The van der Waals surface area contributed by atoms with Crippen LogP contribution in [0.3, 0.4) is 0 Å². The number of halogens is 1.